The highest BCUT2D eigenvalue weighted by Gasteiger charge is 2.36. The fourth-order valence-electron chi connectivity index (χ4n) is 4.68. The molecule has 2 atom stereocenters. The maximum Gasteiger partial charge on any atom is 0.306 e. The van der Waals surface area contributed by atoms with Gasteiger partial charge >= 0.3 is 14.1 Å². The van der Waals surface area contributed by atoms with Crippen LogP contribution in [-0.4, -0.2) is 14.1 Å². The van der Waals surface area contributed by atoms with Gasteiger partial charge < -0.3 is 0 Å². The fourth-order valence-corrected chi connectivity index (χ4v) is 8.74. The summed E-state index contributed by atoms with van der Waals surface area (Å²) in [6.07, 6.45) is 1.70. The van der Waals surface area contributed by atoms with Crippen LogP contribution in [0.3, 0.4) is 0 Å². The van der Waals surface area contributed by atoms with Crippen LogP contribution in [0.4, 0.5) is 0 Å². The Bertz CT molecular complexity index is 875. The van der Waals surface area contributed by atoms with Crippen molar-refractivity contribution in [3.8, 4) is 0 Å². The monoisotopic (exact) mass is 390 g/mol. The van der Waals surface area contributed by atoms with Gasteiger partial charge in [-0.3, -0.25) is 0 Å². The van der Waals surface area contributed by atoms with E-state index in [-0.39, 0.29) is 5.41 Å². The third-order valence-corrected chi connectivity index (χ3v) is 10.2. The van der Waals surface area contributed by atoms with Gasteiger partial charge in [0.05, 0.1) is 0 Å². The molecule has 1 aliphatic rings. The van der Waals surface area contributed by atoms with Crippen molar-refractivity contribution in [1.29, 1.82) is 0 Å². The number of hydrogen-bond donors (Lipinski definition) is 0. The van der Waals surface area contributed by atoms with E-state index < -0.39 is 26.4 Å². The van der Waals surface area contributed by atoms with Gasteiger partial charge in [-0.25, -0.2) is 0 Å². The Hall–Kier alpha value is -1.29. The van der Waals surface area contributed by atoms with Gasteiger partial charge in [-0.2, -0.15) is 0 Å². The molecule has 3 rings (SSSR count). The second-order valence-corrected chi connectivity index (χ2v) is 12.7. The second-order valence-electron chi connectivity index (χ2n) is 9.79. The molecule has 0 heterocycles. The standard InChI is InChI=1S/C19H19.2C4H9.Al/c1-19(2)14-16(17-10-6-7-11-18(17)19)13-12-15-8-4-3-5-9-15;2*1-4(2)3;/h3-11,13,16H,14H2,1-2H3;2*4H,1H2,2-3H3;/t16-;;;/m1.../s1/i14D,16D;;;/t14-,16-;;;. The Balaban J connectivity index is 2.21. The minimum atomic E-state index is -1.32. The summed E-state index contributed by atoms with van der Waals surface area (Å²) < 4.78 is 20.1. The van der Waals surface area contributed by atoms with Crippen molar-refractivity contribution in [2.75, 3.05) is 0 Å². The van der Waals surface area contributed by atoms with Gasteiger partial charge in [0.2, 0.25) is 0 Å². The maximum absolute atomic E-state index is 9.62. The van der Waals surface area contributed by atoms with E-state index in [9.17, 15) is 1.37 Å². The Morgan fingerprint density at radius 1 is 1.04 bits per heavy atom. The van der Waals surface area contributed by atoms with Crippen molar-refractivity contribution in [2.24, 2.45) is 11.8 Å². The van der Waals surface area contributed by atoms with Crippen molar-refractivity contribution in [1.82, 2.24) is 0 Å². The first-order chi connectivity index (χ1) is 14.1. The van der Waals surface area contributed by atoms with Gasteiger partial charge in [0.15, 0.2) is 0 Å². The van der Waals surface area contributed by atoms with Crippen LogP contribution >= 0.6 is 0 Å². The summed E-state index contributed by atoms with van der Waals surface area (Å²) >= 11 is -1.32. The van der Waals surface area contributed by atoms with Crippen LogP contribution in [0.5, 0.6) is 0 Å². The first-order valence-corrected chi connectivity index (χ1v) is 13.1. The van der Waals surface area contributed by atoms with Crippen LogP contribution < -0.4 is 0 Å². The van der Waals surface area contributed by atoms with Crippen LogP contribution in [0.1, 0.15) is 73.3 Å². The topological polar surface area (TPSA) is 0 Å². The number of hydrogen-bond acceptors (Lipinski definition) is 0. The number of allylic oxidation sites excluding steroid dienone is 1. The van der Waals surface area contributed by atoms with Crippen LogP contribution in [-0.2, 0) is 5.41 Å². The first-order valence-electron chi connectivity index (χ1n) is 12.0. The van der Waals surface area contributed by atoms with E-state index >= 15 is 0 Å². The predicted octanol–water partition coefficient (Wildman–Crippen LogP) is 7.88. The smallest absolute Gasteiger partial charge is 0.107 e. The highest BCUT2D eigenvalue weighted by Crippen LogP contribution is 2.47. The molecule has 1 heteroatoms. The highest BCUT2D eigenvalue weighted by molar-refractivity contribution is 6.79. The zero-order valence-electron chi connectivity index (χ0n) is 20.5. The molecule has 0 radical (unpaired) electrons. The van der Waals surface area contributed by atoms with Gasteiger partial charge in [-0.15, -0.1) is 4.44 Å². The van der Waals surface area contributed by atoms with E-state index in [1.165, 1.54) is 20.6 Å². The van der Waals surface area contributed by atoms with E-state index in [0.717, 1.165) is 11.1 Å². The molecule has 2 aromatic carbocycles. The molecule has 28 heavy (non-hydrogen) atoms. The molecule has 0 unspecified atom stereocenters. The van der Waals surface area contributed by atoms with E-state index in [1.54, 1.807) is 0 Å². The summed E-state index contributed by atoms with van der Waals surface area (Å²) in [6, 6.07) is 19.0. The molecule has 0 N–H and O–H groups in total. The molecule has 0 amide bonds. The molecule has 0 spiro atoms. The van der Waals surface area contributed by atoms with Crippen LogP contribution in [0.25, 0.3) is 4.44 Å². The normalized spacial score (nSPS) is 24.9. The minimum absolute atomic E-state index is 0.330. The number of fused-ring (bicyclic) bond motifs is 1. The van der Waals surface area contributed by atoms with E-state index in [0.29, 0.717) is 11.8 Å². The molecule has 0 nitrogen and oxygen atoms in total. The number of rotatable bonds is 7. The lowest BCUT2D eigenvalue weighted by Gasteiger charge is -2.23. The molecule has 0 saturated carbocycles. The Morgan fingerprint density at radius 3 is 2.21 bits per heavy atom. The largest absolute Gasteiger partial charge is 0.306 e. The summed E-state index contributed by atoms with van der Waals surface area (Å²) in [6.45, 7) is 13.5. The van der Waals surface area contributed by atoms with Crippen molar-refractivity contribution >= 4 is 18.6 Å². The second kappa shape index (κ2) is 9.02. The van der Waals surface area contributed by atoms with Crippen molar-refractivity contribution in [3.05, 3.63) is 77.4 Å². The van der Waals surface area contributed by atoms with Gasteiger partial charge in [0.25, 0.3) is 0 Å². The lowest BCUT2D eigenvalue weighted by molar-refractivity contribution is 0.504. The van der Waals surface area contributed by atoms with Gasteiger partial charge in [-0.1, -0.05) is 125 Å². The molecular weight excluding hydrogens is 351 g/mol. The SMILES string of the molecule is [2H][C@H]1C(C)(C)c2ccccc2[C@]1([2H])/C=[C](/c1ccccc1)[Al]([CH2]C(C)C)[CH2]C(C)C. The lowest BCUT2D eigenvalue weighted by atomic mass is 9.86. The molecule has 148 valence electrons. The summed E-state index contributed by atoms with van der Waals surface area (Å²) in [5.74, 6) is 0.284. The van der Waals surface area contributed by atoms with E-state index in [4.69, 9.17) is 1.37 Å². The number of benzene rings is 2. The molecule has 0 aromatic heterocycles. The van der Waals surface area contributed by atoms with E-state index in [1.807, 2.05) is 6.07 Å². The fraction of sp³-hybridized carbons (Fsp3) is 0.481. The average molecular weight is 391 g/mol. The van der Waals surface area contributed by atoms with Crippen LogP contribution in [0.2, 0.25) is 10.6 Å². The molecule has 0 bridgehead atoms. The van der Waals surface area contributed by atoms with Gasteiger partial charge in [0.1, 0.15) is 0 Å². The van der Waals surface area contributed by atoms with Gasteiger partial charge in [0, 0.05) is 8.64 Å². The maximum atomic E-state index is 9.62. The third-order valence-electron chi connectivity index (χ3n) is 5.82. The predicted molar refractivity (Wildman–Crippen MR) is 126 cm³/mol. The Labute approximate surface area is 180 Å². The van der Waals surface area contributed by atoms with Crippen LogP contribution in [0, 0.1) is 11.8 Å². The lowest BCUT2D eigenvalue weighted by Crippen LogP contribution is -2.21. The molecule has 1 aliphatic carbocycles. The molecule has 0 fully saturated rings. The average Bonchev–Trinajstić information content (AvgIpc) is 2.84. The highest BCUT2D eigenvalue weighted by atomic mass is 27.2. The summed E-state index contributed by atoms with van der Waals surface area (Å²) in [5.41, 5.74) is 3.11. The third kappa shape index (κ3) is 5.00. The molecular formula is C27H37Al. The van der Waals surface area contributed by atoms with E-state index in [2.05, 4.69) is 96.1 Å². The zero-order chi connectivity index (χ0) is 22.1. The van der Waals surface area contributed by atoms with Crippen molar-refractivity contribution in [3.63, 3.8) is 0 Å². The molecule has 0 saturated heterocycles. The van der Waals surface area contributed by atoms with Gasteiger partial charge in [-0.05, 0) is 28.5 Å². The summed E-state index contributed by atoms with van der Waals surface area (Å²) in [4.78, 5) is 0. The zero-order valence-corrected chi connectivity index (χ0v) is 19.7. The summed E-state index contributed by atoms with van der Waals surface area (Å²) in [7, 11) is 0. The van der Waals surface area contributed by atoms with Crippen LogP contribution in [0.15, 0.2) is 60.7 Å². The minimum Gasteiger partial charge on any atom is -0.107 e. The quantitative estimate of drug-likeness (QED) is 0.422. The Kier molecular flexibility index (Phi) is 6.03. The molecule has 0 aliphatic heterocycles. The molecule has 2 aromatic rings. The Morgan fingerprint density at radius 2 is 1.61 bits per heavy atom. The van der Waals surface area contributed by atoms with Crippen molar-refractivity contribution in [2.45, 2.75) is 69.8 Å². The first kappa shape index (κ1) is 18.7. The van der Waals surface area contributed by atoms with Crippen molar-refractivity contribution < 1.29 is 2.74 Å². The summed E-state index contributed by atoms with van der Waals surface area (Å²) in [5, 5.41) is 2.48.